The number of carbonyl (C=O) groups excluding carboxylic acids is 2. The van der Waals surface area contributed by atoms with Crippen LogP contribution in [-0.4, -0.2) is 47.9 Å². The first-order valence-electron chi connectivity index (χ1n) is 8.84. The lowest BCUT2D eigenvalue weighted by atomic mass is 10.1. The number of non-ortho nitro benzene ring substituents is 1. The minimum absolute atomic E-state index is 0.0392. The number of nitrogens with zero attached hydrogens (tertiary/aromatic N) is 2. The first-order valence-corrected chi connectivity index (χ1v) is 9.63. The summed E-state index contributed by atoms with van der Waals surface area (Å²) in [6.07, 6.45) is 1.45. The van der Waals surface area contributed by atoms with Gasteiger partial charge in [-0.3, -0.25) is 19.7 Å². The van der Waals surface area contributed by atoms with Gasteiger partial charge in [0, 0.05) is 35.3 Å². The average molecular weight is 460 g/mol. The van der Waals surface area contributed by atoms with E-state index in [-0.39, 0.29) is 17.3 Å². The number of hydrogen-bond acceptors (Lipinski definition) is 5. The van der Waals surface area contributed by atoms with E-state index in [9.17, 15) is 19.7 Å². The van der Waals surface area contributed by atoms with Gasteiger partial charge in [0.05, 0.1) is 18.1 Å². The third-order valence-electron chi connectivity index (χ3n) is 4.26. The number of rotatable bonds is 5. The Morgan fingerprint density at radius 2 is 1.86 bits per heavy atom. The molecule has 0 atom stereocenters. The summed E-state index contributed by atoms with van der Waals surface area (Å²) in [5.74, 6) is -0.826. The van der Waals surface area contributed by atoms with E-state index in [1.54, 1.807) is 35.2 Å². The van der Waals surface area contributed by atoms with E-state index in [2.05, 4.69) is 21.2 Å². The molecule has 1 heterocycles. The molecule has 1 fully saturated rings. The molecule has 0 bridgehead atoms. The Hall–Kier alpha value is -3.04. The minimum atomic E-state index is -0.513. The molecule has 8 nitrogen and oxygen atoms in total. The van der Waals surface area contributed by atoms with Gasteiger partial charge in [-0.05, 0) is 29.8 Å². The van der Waals surface area contributed by atoms with E-state index >= 15 is 0 Å². The molecular weight excluding hydrogens is 442 g/mol. The number of nitro groups is 1. The Labute approximate surface area is 175 Å². The fourth-order valence-electron chi connectivity index (χ4n) is 2.81. The van der Waals surface area contributed by atoms with Gasteiger partial charge in [-0.1, -0.05) is 34.1 Å². The molecule has 150 valence electrons. The van der Waals surface area contributed by atoms with Crippen molar-refractivity contribution >= 4 is 39.5 Å². The van der Waals surface area contributed by atoms with Crippen LogP contribution in [0.4, 0.5) is 5.69 Å². The third kappa shape index (κ3) is 5.49. The van der Waals surface area contributed by atoms with Gasteiger partial charge in [0.25, 0.3) is 17.5 Å². The number of morpholine rings is 1. The van der Waals surface area contributed by atoms with E-state index in [1.807, 2.05) is 0 Å². The molecule has 1 N–H and O–H groups in total. The highest BCUT2D eigenvalue weighted by Crippen LogP contribution is 2.17. The van der Waals surface area contributed by atoms with E-state index in [0.29, 0.717) is 37.4 Å². The fraction of sp³-hybridized carbons (Fsp3) is 0.200. The van der Waals surface area contributed by atoms with Crippen LogP contribution in [0.1, 0.15) is 15.9 Å². The van der Waals surface area contributed by atoms with E-state index in [0.717, 1.165) is 4.47 Å². The first kappa shape index (κ1) is 20.7. The van der Waals surface area contributed by atoms with Crippen LogP contribution in [0.15, 0.2) is 58.7 Å². The van der Waals surface area contributed by atoms with Crippen molar-refractivity contribution in [2.24, 2.45) is 0 Å². The van der Waals surface area contributed by atoms with E-state index < -0.39 is 10.8 Å². The Morgan fingerprint density at radius 3 is 2.55 bits per heavy atom. The lowest BCUT2D eigenvalue weighted by Gasteiger charge is -2.27. The predicted octanol–water partition coefficient (Wildman–Crippen LogP) is 2.99. The maximum absolute atomic E-state index is 13.0. The number of benzene rings is 2. The second-order valence-electron chi connectivity index (χ2n) is 6.28. The lowest BCUT2D eigenvalue weighted by molar-refractivity contribution is -0.384. The van der Waals surface area contributed by atoms with Crippen molar-refractivity contribution in [1.29, 1.82) is 0 Å². The van der Waals surface area contributed by atoms with Crippen molar-refractivity contribution in [3.63, 3.8) is 0 Å². The van der Waals surface area contributed by atoms with Gasteiger partial charge in [0.1, 0.15) is 5.70 Å². The zero-order valence-corrected chi connectivity index (χ0v) is 16.9. The fourth-order valence-corrected chi connectivity index (χ4v) is 3.21. The quantitative estimate of drug-likeness (QED) is 0.420. The normalized spacial score (nSPS) is 14.4. The maximum Gasteiger partial charge on any atom is 0.270 e. The number of nitrogens with one attached hydrogen (secondary N) is 1. The molecule has 2 amide bonds. The molecule has 9 heteroatoms. The summed E-state index contributed by atoms with van der Waals surface area (Å²) in [7, 11) is 0. The number of nitro benzene ring substituents is 1. The van der Waals surface area contributed by atoms with Crippen LogP contribution in [0.2, 0.25) is 0 Å². The number of ether oxygens (including phenoxy) is 1. The summed E-state index contributed by atoms with van der Waals surface area (Å²) in [5.41, 5.74) is 0.747. The van der Waals surface area contributed by atoms with Crippen LogP contribution < -0.4 is 5.32 Å². The summed E-state index contributed by atoms with van der Waals surface area (Å²) >= 11 is 3.32. The zero-order valence-electron chi connectivity index (χ0n) is 15.3. The lowest BCUT2D eigenvalue weighted by Crippen LogP contribution is -2.44. The molecular formula is C20H18BrN3O5. The molecule has 3 rings (SSSR count). The Kier molecular flexibility index (Phi) is 6.73. The topological polar surface area (TPSA) is 102 Å². The summed E-state index contributed by atoms with van der Waals surface area (Å²) in [6, 6.07) is 12.6. The van der Waals surface area contributed by atoms with Crippen LogP contribution in [0, 0.1) is 10.1 Å². The molecule has 0 spiro atoms. The van der Waals surface area contributed by atoms with Gasteiger partial charge < -0.3 is 15.0 Å². The highest BCUT2D eigenvalue weighted by atomic mass is 79.9. The molecule has 1 saturated heterocycles. The monoisotopic (exact) mass is 459 g/mol. The van der Waals surface area contributed by atoms with Gasteiger partial charge >= 0.3 is 0 Å². The minimum Gasteiger partial charge on any atom is -0.378 e. The number of hydrogen-bond donors (Lipinski definition) is 1. The van der Waals surface area contributed by atoms with Crippen molar-refractivity contribution in [2.75, 3.05) is 26.3 Å². The molecule has 0 radical (unpaired) electrons. The van der Waals surface area contributed by atoms with Crippen molar-refractivity contribution < 1.29 is 19.2 Å². The summed E-state index contributed by atoms with van der Waals surface area (Å²) in [4.78, 5) is 37.8. The van der Waals surface area contributed by atoms with Gasteiger partial charge in [-0.2, -0.15) is 0 Å². The van der Waals surface area contributed by atoms with Crippen LogP contribution >= 0.6 is 15.9 Å². The van der Waals surface area contributed by atoms with E-state index in [1.165, 1.54) is 24.3 Å². The van der Waals surface area contributed by atoms with Gasteiger partial charge in [0.2, 0.25) is 0 Å². The number of amides is 2. The second kappa shape index (κ2) is 9.44. The van der Waals surface area contributed by atoms with Crippen LogP contribution in [-0.2, 0) is 9.53 Å². The maximum atomic E-state index is 13.0. The SMILES string of the molecule is O=C(N/C(=C\c1cccc([N+](=O)[O-])c1)C(=O)N1CCOCC1)c1cccc(Br)c1. The van der Waals surface area contributed by atoms with Crippen molar-refractivity contribution in [3.8, 4) is 0 Å². The summed E-state index contributed by atoms with van der Waals surface area (Å²) < 4.78 is 6.00. The Morgan fingerprint density at radius 1 is 1.14 bits per heavy atom. The average Bonchev–Trinajstić information content (AvgIpc) is 2.73. The van der Waals surface area contributed by atoms with Gasteiger partial charge in [-0.25, -0.2) is 0 Å². The zero-order chi connectivity index (χ0) is 20.8. The second-order valence-corrected chi connectivity index (χ2v) is 7.19. The molecule has 0 aromatic heterocycles. The Bertz CT molecular complexity index is 970. The summed E-state index contributed by atoms with van der Waals surface area (Å²) in [6.45, 7) is 1.63. The van der Waals surface area contributed by atoms with Gasteiger partial charge in [0.15, 0.2) is 0 Å². The predicted molar refractivity (Wildman–Crippen MR) is 110 cm³/mol. The molecule has 0 unspecified atom stereocenters. The molecule has 2 aromatic rings. The third-order valence-corrected chi connectivity index (χ3v) is 4.75. The van der Waals surface area contributed by atoms with Crippen molar-refractivity contribution in [2.45, 2.75) is 0 Å². The molecule has 1 aliphatic heterocycles. The van der Waals surface area contributed by atoms with Gasteiger partial charge in [-0.15, -0.1) is 0 Å². The van der Waals surface area contributed by atoms with Crippen LogP contribution in [0.3, 0.4) is 0 Å². The molecule has 0 saturated carbocycles. The highest BCUT2D eigenvalue weighted by molar-refractivity contribution is 9.10. The molecule has 1 aliphatic rings. The number of halogens is 1. The van der Waals surface area contributed by atoms with Crippen LogP contribution in [0.25, 0.3) is 6.08 Å². The highest BCUT2D eigenvalue weighted by Gasteiger charge is 2.23. The molecule has 2 aromatic carbocycles. The first-order chi connectivity index (χ1) is 13.9. The summed E-state index contributed by atoms with van der Waals surface area (Å²) in [5, 5.41) is 13.7. The molecule has 29 heavy (non-hydrogen) atoms. The number of carbonyl (C=O) groups is 2. The smallest absolute Gasteiger partial charge is 0.270 e. The Balaban J connectivity index is 1.92. The standard InChI is InChI=1S/C20H18BrN3O5/c21-16-5-2-4-15(13-16)19(25)22-18(20(26)23-7-9-29-10-8-23)12-14-3-1-6-17(11-14)24(27)28/h1-6,11-13H,7-10H2,(H,22,25)/b18-12-. The van der Waals surface area contributed by atoms with Crippen LogP contribution in [0.5, 0.6) is 0 Å². The van der Waals surface area contributed by atoms with E-state index in [4.69, 9.17) is 4.74 Å². The largest absolute Gasteiger partial charge is 0.378 e. The molecule has 0 aliphatic carbocycles. The van der Waals surface area contributed by atoms with Crippen molar-refractivity contribution in [3.05, 3.63) is 79.9 Å². The van der Waals surface area contributed by atoms with Crippen molar-refractivity contribution in [1.82, 2.24) is 10.2 Å².